The van der Waals surface area contributed by atoms with Gasteiger partial charge in [-0.05, 0) is 39.4 Å². The van der Waals surface area contributed by atoms with E-state index >= 15 is 0 Å². The third-order valence-corrected chi connectivity index (χ3v) is 2.38. The van der Waals surface area contributed by atoms with Crippen LogP contribution in [0.2, 0.25) is 0 Å². The summed E-state index contributed by atoms with van der Waals surface area (Å²) in [5.74, 6) is 0. The maximum atomic E-state index is 4.50. The Morgan fingerprint density at radius 2 is 2.00 bits per heavy atom. The summed E-state index contributed by atoms with van der Waals surface area (Å²) < 4.78 is 0. The first-order valence-electron chi connectivity index (χ1n) is 4.70. The van der Waals surface area contributed by atoms with E-state index < -0.39 is 0 Å². The largest absolute Gasteiger partial charge is 0.333 e. The van der Waals surface area contributed by atoms with Gasteiger partial charge in [0, 0.05) is 6.04 Å². The molecule has 2 N–H and O–H groups in total. The molecule has 0 aromatic heterocycles. The van der Waals surface area contributed by atoms with Gasteiger partial charge in [0.15, 0.2) is 0 Å². The van der Waals surface area contributed by atoms with E-state index in [0.717, 1.165) is 6.04 Å². The number of hydrogen-bond acceptors (Lipinski definition) is 2. The van der Waals surface area contributed by atoms with E-state index in [2.05, 4.69) is 24.5 Å². The maximum absolute atomic E-state index is 4.50. The van der Waals surface area contributed by atoms with E-state index in [1.165, 1.54) is 39.4 Å². The van der Waals surface area contributed by atoms with Crippen molar-refractivity contribution >= 4 is 0 Å². The summed E-state index contributed by atoms with van der Waals surface area (Å²) in [6, 6.07) is 0.912. The Morgan fingerprint density at radius 1 is 1.36 bits per heavy atom. The molecule has 1 atom stereocenters. The van der Waals surface area contributed by atoms with Gasteiger partial charge in [0.05, 0.1) is 0 Å². The molecule has 1 fully saturated rings. The third-order valence-electron chi connectivity index (χ3n) is 2.38. The van der Waals surface area contributed by atoms with Gasteiger partial charge in [-0.3, -0.25) is 0 Å². The normalized spacial score (nSPS) is 24.5. The van der Waals surface area contributed by atoms with Crippen LogP contribution in [0.4, 0.5) is 0 Å². The standard InChI is InChI=1S/C8H17N.CH5N/c1-3-8-6-5-7-9(8)4-2;1-2/h8H,3-7H2,1-2H3;2H2,1H3/t8-;/m1./s1. The number of hydrogen-bond donors (Lipinski definition) is 1. The molecule has 2 nitrogen and oxygen atoms in total. The predicted octanol–water partition coefficient (Wildman–Crippen LogP) is 1.46. The molecule has 0 radical (unpaired) electrons. The van der Waals surface area contributed by atoms with Gasteiger partial charge in [0.2, 0.25) is 0 Å². The van der Waals surface area contributed by atoms with E-state index in [0.29, 0.717) is 0 Å². The Kier molecular flexibility index (Phi) is 6.57. The van der Waals surface area contributed by atoms with Crippen LogP contribution in [0.3, 0.4) is 0 Å². The zero-order valence-electron chi connectivity index (χ0n) is 8.14. The molecule has 0 aliphatic carbocycles. The number of rotatable bonds is 2. The Labute approximate surface area is 70.8 Å². The summed E-state index contributed by atoms with van der Waals surface area (Å²) >= 11 is 0. The average molecular weight is 158 g/mol. The Balaban J connectivity index is 0.000000461. The Morgan fingerprint density at radius 3 is 2.36 bits per heavy atom. The zero-order valence-corrected chi connectivity index (χ0v) is 8.14. The molecule has 2 heteroatoms. The van der Waals surface area contributed by atoms with E-state index in [-0.39, 0.29) is 0 Å². The highest BCUT2D eigenvalue weighted by molar-refractivity contribution is 4.76. The van der Waals surface area contributed by atoms with Crippen LogP contribution < -0.4 is 5.73 Å². The summed E-state index contributed by atoms with van der Waals surface area (Å²) in [5, 5.41) is 0. The van der Waals surface area contributed by atoms with Crippen molar-refractivity contribution in [3.63, 3.8) is 0 Å². The summed E-state index contributed by atoms with van der Waals surface area (Å²) in [6.07, 6.45) is 4.20. The van der Waals surface area contributed by atoms with Crippen molar-refractivity contribution in [2.45, 2.75) is 39.2 Å². The van der Waals surface area contributed by atoms with Crippen LogP contribution in [0, 0.1) is 0 Å². The maximum Gasteiger partial charge on any atom is 0.00929 e. The summed E-state index contributed by atoms with van der Waals surface area (Å²) in [5.41, 5.74) is 4.50. The van der Waals surface area contributed by atoms with E-state index in [1.54, 1.807) is 0 Å². The van der Waals surface area contributed by atoms with Crippen molar-refractivity contribution in [1.82, 2.24) is 4.90 Å². The van der Waals surface area contributed by atoms with E-state index in [4.69, 9.17) is 0 Å². The molecule has 0 aromatic rings. The quantitative estimate of drug-likeness (QED) is 0.659. The van der Waals surface area contributed by atoms with Gasteiger partial charge in [-0.25, -0.2) is 0 Å². The van der Waals surface area contributed by atoms with Gasteiger partial charge in [0.25, 0.3) is 0 Å². The lowest BCUT2D eigenvalue weighted by molar-refractivity contribution is 0.262. The second-order valence-electron chi connectivity index (χ2n) is 2.83. The first kappa shape index (κ1) is 10.9. The summed E-state index contributed by atoms with van der Waals surface area (Å²) in [6.45, 7) is 7.14. The molecule has 0 aromatic carbocycles. The van der Waals surface area contributed by atoms with Crippen LogP contribution in [0.25, 0.3) is 0 Å². The molecule has 0 saturated carbocycles. The lowest BCUT2D eigenvalue weighted by Gasteiger charge is -2.20. The lowest BCUT2D eigenvalue weighted by atomic mass is 10.2. The number of nitrogens with two attached hydrogens (primary N) is 1. The van der Waals surface area contributed by atoms with Crippen LogP contribution in [0.1, 0.15) is 33.1 Å². The summed E-state index contributed by atoms with van der Waals surface area (Å²) in [4.78, 5) is 2.58. The van der Waals surface area contributed by atoms with Crippen LogP contribution >= 0.6 is 0 Å². The molecule has 1 aliphatic rings. The van der Waals surface area contributed by atoms with Gasteiger partial charge in [-0.1, -0.05) is 13.8 Å². The van der Waals surface area contributed by atoms with Gasteiger partial charge < -0.3 is 10.6 Å². The minimum absolute atomic E-state index is 0.912. The smallest absolute Gasteiger partial charge is 0.00929 e. The van der Waals surface area contributed by atoms with Crippen molar-refractivity contribution in [3.8, 4) is 0 Å². The first-order valence-corrected chi connectivity index (χ1v) is 4.70. The molecule has 0 amide bonds. The molecule has 1 heterocycles. The lowest BCUT2D eigenvalue weighted by Crippen LogP contribution is -2.28. The van der Waals surface area contributed by atoms with Crippen LogP contribution in [-0.4, -0.2) is 31.1 Å². The van der Waals surface area contributed by atoms with Crippen LogP contribution in [0.15, 0.2) is 0 Å². The molecule has 11 heavy (non-hydrogen) atoms. The van der Waals surface area contributed by atoms with Crippen molar-refractivity contribution in [3.05, 3.63) is 0 Å². The predicted molar refractivity (Wildman–Crippen MR) is 50.7 cm³/mol. The minimum atomic E-state index is 0.912. The minimum Gasteiger partial charge on any atom is -0.333 e. The van der Waals surface area contributed by atoms with Gasteiger partial charge >= 0.3 is 0 Å². The molecule has 0 spiro atoms. The third kappa shape index (κ3) is 3.21. The SMILES string of the molecule is CC[C@@H]1CCCN1CC.CN. The fourth-order valence-electron chi connectivity index (χ4n) is 1.77. The second kappa shape index (κ2) is 6.62. The highest BCUT2D eigenvalue weighted by Gasteiger charge is 2.20. The Bertz CT molecular complexity index is 73.6. The number of nitrogens with zero attached hydrogens (tertiary/aromatic N) is 1. The molecule has 1 saturated heterocycles. The van der Waals surface area contributed by atoms with Gasteiger partial charge in [0.1, 0.15) is 0 Å². The zero-order chi connectivity index (χ0) is 8.69. The molecule has 68 valence electrons. The van der Waals surface area contributed by atoms with Crippen molar-refractivity contribution in [1.29, 1.82) is 0 Å². The fourth-order valence-corrected chi connectivity index (χ4v) is 1.77. The molecule has 1 rings (SSSR count). The topological polar surface area (TPSA) is 29.3 Å². The monoisotopic (exact) mass is 158 g/mol. The van der Waals surface area contributed by atoms with Gasteiger partial charge in [-0.2, -0.15) is 0 Å². The Hall–Kier alpha value is -0.0800. The fraction of sp³-hybridized carbons (Fsp3) is 1.00. The van der Waals surface area contributed by atoms with Crippen molar-refractivity contribution < 1.29 is 0 Å². The first-order chi connectivity index (χ1) is 5.38. The molecule has 1 aliphatic heterocycles. The van der Waals surface area contributed by atoms with E-state index in [9.17, 15) is 0 Å². The highest BCUT2D eigenvalue weighted by atomic mass is 15.2. The summed E-state index contributed by atoms with van der Waals surface area (Å²) in [7, 11) is 1.50. The highest BCUT2D eigenvalue weighted by Crippen LogP contribution is 2.18. The van der Waals surface area contributed by atoms with Crippen LogP contribution in [-0.2, 0) is 0 Å². The number of likely N-dealkylation sites (tertiary alicyclic amines) is 1. The molecular formula is C9H22N2. The molecular weight excluding hydrogens is 136 g/mol. The average Bonchev–Trinajstić information content (AvgIpc) is 2.54. The molecule has 0 unspecified atom stereocenters. The van der Waals surface area contributed by atoms with E-state index in [1.807, 2.05) is 0 Å². The van der Waals surface area contributed by atoms with Crippen molar-refractivity contribution in [2.75, 3.05) is 20.1 Å². The second-order valence-corrected chi connectivity index (χ2v) is 2.83. The van der Waals surface area contributed by atoms with Gasteiger partial charge in [-0.15, -0.1) is 0 Å². The van der Waals surface area contributed by atoms with Crippen molar-refractivity contribution in [2.24, 2.45) is 5.73 Å². The molecule has 0 bridgehead atoms. The van der Waals surface area contributed by atoms with Crippen LogP contribution in [0.5, 0.6) is 0 Å².